The van der Waals surface area contributed by atoms with Crippen molar-refractivity contribution in [3.05, 3.63) is 66.6 Å². The highest BCUT2D eigenvalue weighted by atomic mass is 32.2. The molecule has 5 amide bonds. The number of thiazole rings is 1. The predicted octanol–water partition coefficient (Wildman–Crippen LogP) is 6.43. The van der Waals surface area contributed by atoms with Crippen molar-refractivity contribution in [2.45, 2.75) is 132 Å². The average molecular weight is 971 g/mol. The van der Waals surface area contributed by atoms with Crippen LogP contribution in [0.3, 0.4) is 0 Å². The minimum Gasteiger partial charge on any atom is -0.497 e. The summed E-state index contributed by atoms with van der Waals surface area (Å²) in [6, 6.07) is 10.7. The van der Waals surface area contributed by atoms with Crippen molar-refractivity contribution in [1.82, 2.24) is 30.2 Å². The number of methoxy groups -OCH3 is 1. The molecule has 2 aromatic carbocycles. The molecule has 0 radical (unpaired) electrons. The smallest absolute Gasteiger partial charge is 0.408 e. The predicted molar refractivity (Wildman–Crippen MR) is 256 cm³/mol. The molecule has 2 aliphatic carbocycles. The molecule has 18 nitrogen and oxygen atoms in total. The number of nitrogens with zero attached hydrogens (tertiary/aromatic N) is 3. The third kappa shape index (κ3) is 10.9. The van der Waals surface area contributed by atoms with Crippen molar-refractivity contribution < 1.29 is 46.6 Å². The molecular weight excluding hydrogens is 913 g/mol. The third-order valence-corrected chi connectivity index (χ3v) is 15.0. The fourth-order valence-corrected chi connectivity index (χ4v) is 11.2. The average Bonchev–Trinajstić information content (AvgIpc) is 3.71. The highest BCUT2D eigenvalue weighted by Gasteiger charge is 2.61. The largest absolute Gasteiger partial charge is 0.497 e. The molecule has 1 spiro atoms. The van der Waals surface area contributed by atoms with Crippen LogP contribution in [0.2, 0.25) is 0 Å². The van der Waals surface area contributed by atoms with Crippen LogP contribution in [-0.2, 0) is 33.9 Å². The molecule has 68 heavy (non-hydrogen) atoms. The fourth-order valence-electron chi connectivity index (χ4n) is 9.19. The second kappa shape index (κ2) is 20.5. The molecule has 3 fully saturated rings. The lowest BCUT2D eigenvalue weighted by molar-refractivity contribution is -0.141. The Labute approximate surface area is 399 Å². The van der Waals surface area contributed by atoms with E-state index in [4.69, 9.17) is 24.2 Å². The van der Waals surface area contributed by atoms with Crippen molar-refractivity contribution in [3.63, 3.8) is 0 Å². The van der Waals surface area contributed by atoms with Gasteiger partial charge in [-0.2, -0.15) is 0 Å². The number of nitrogens with one attached hydrogen (secondary N) is 5. The molecule has 2 aliphatic heterocycles. The number of ether oxygens (including phenoxy) is 3. The Balaban J connectivity index is 1.14. The molecule has 4 aliphatic rings. The van der Waals surface area contributed by atoms with E-state index in [0.29, 0.717) is 64.6 Å². The van der Waals surface area contributed by atoms with Crippen LogP contribution in [0.5, 0.6) is 11.5 Å². The van der Waals surface area contributed by atoms with Crippen LogP contribution in [0, 0.1) is 5.92 Å². The van der Waals surface area contributed by atoms with E-state index in [-0.39, 0.29) is 55.0 Å². The minimum atomic E-state index is -4.59. The van der Waals surface area contributed by atoms with Gasteiger partial charge in [0.15, 0.2) is 5.13 Å². The van der Waals surface area contributed by atoms with Gasteiger partial charge in [0.2, 0.25) is 17.7 Å². The number of rotatable bonds is 9. The molecule has 1 saturated heterocycles. The number of carbonyl (C=O) groups is 5. The summed E-state index contributed by atoms with van der Waals surface area (Å²) in [5.41, 5.74) is -0.0686. The van der Waals surface area contributed by atoms with Crippen LogP contribution in [0.15, 0.2) is 71.5 Å². The standard InChI is InChI=1S/C48H58N8O10S2/c1-5-29-25-48(29)45(60)55-68(62,63)41-18-13-12-16-34(41)51-42(57)19-9-7-6-8-17-35(53-47(61)66-30-14-10-11-15-30)44(59)56-26-32(23-39(56)43(58)54-48)65-40-24-37(38-27-67-46(52-38)49-28(2)3)50-36-22-31(64-4)20-21-33(36)40/h5,12-13,16,18,20-22,24,27-30,32,35,39H,1,6-11,14-15,17,19,23,25-26H2,2-4H3,(H,49,52)(H,51,57)(H,53,61)(H,54,58)(H,55,60)/t29-,32-,35+,39+,48-/m1/s1. The van der Waals surface area contributed by atoms with E-state index in [1.54, 1.807) is 31.4 Å². The zero-order valence-corrected chi connectivity index (χ0v) is 40.0. The highest BCUT2D eigenvalue weighted by Crippen LogP contribution is 2.45. The van der Waals surface area contributed by atoms with Gasteiger partial charge in [-0.1, -0.05) is 37.5 Å². The van der Waals surface area contributed by atoms with Gasteiger partial charge in [-0.05, 0) is 83.1 Å². The Kier molecular flexibility index (Phi) is 14.5. The Hall–Kier alpha value is -6.28. The van der Waals surface area contributed by atoms with Gasteiger partial charge < -0.3 is 40.4 Å². The van der Waals surface area contributed by atoms with Crippen molar-refractivity contribution in [1.29, 1.82) is 0 Å². The summed E-state index contributed by atoms with van der Waals surface area (Å²) in [6.45, 7) is 7.77. The Bertz CT molecular complexity index is 2690. The van der Waals surface area contributed by atoms with Gasteiger partial charge in [-0.15, -0.1) is 17.9 Å². The molecular formula is C48H58N8O10S2. The van der Waals surface area contributed by atoms with Crippen molar-refractivity contribution in [2.75, 3.05) is 24.3 Å². The van der Waals surface area contributed by atoms with Crippen LogP contribution >= 0.6 is 11.3 Å². The summed E-state index contributed by atoms with van der Waals surface area (Å²) in [4.78, 5) is 81.2. The lowest BCUT2D eigenvalue weighted by atomic mass is 10.0. The second-order valence-electron chi connectivity index (χ2n) is 18.2. The first-order chi connectivity index (χ1) is 32.7. The lowest BCUT2D eigenvalue weighted by Crippen LogP contribution is -2.58. The summed E-state index contributed by atoms with van der Waals surface area (Å²) in [6.07, 6.45) is 5.38. The second-order valence-corrected chi connectivity index (χ2v) is 20.7. The number of anilines is 2. The van der Waals surface area contributed by atoms with Crippen molar-refractivity contribution in [3.8, 4) is 22.9 Å². The lowest BCUT2D eigenvalue weighted by Gasteiger charge is -2.30. The van der Waals surface area contributed by atoms with E-state index in [9.17, 15) is 32.4 Å². The summed E-state index contributed by atoms with van der Waals surface area (Å²) < 4.78 is 48.0. The molecule has 8 rings (SSSR count). The topological polar surface area (TPSA) is 236 Å². The van der Waals surface area contributed by atoms with Crippen LogP contribution in [0.25, 0.3) is 22.3 Å². The Morgan fingerprint density at radius 1 is 0.971 bits per heavy atom. The number of pyridine rings is 1. The maximum absolute atomic E-state index is 15.0. The molecule has 4 aromatic rings. The number of hydrogen-bond acceptors (Lipinski definition) is 14. The van der Waals surface area contributed by atoms with E-state index in [2.05, 4.69) is 32.6 Å². The van der Waals surface area contributed by atoms with Gasteiger partial charge in [0, 0.05) is 47.7 Å². The number of fused-ring (bicyclic) bond motifs is 3. The Morgan fingerprint density at radius 2 is 1.74 bits per heavy atom. The van der Waals surface area contributed by atoms with E-state index >= 15 is 0 Å². The monoisotopic (exact) mass is 970 g/mol. The zero-order chi connectivity index (χ0) is 48.2. The van der Waals surface area contributed by atoms with Gasteiger partial charge in [0.1, 0.15) is 51.9 Å². The summed E-state index contributed by atoms with van der Waals surface area (Å²) in [5, 5.41) is 14.9. The molecule has 20 heteroatoms. The van der Waals surface area contributed by atoms with E-state index in [1.807, 2.05) is 25.3 Å². The first-order valence-electron chi connectivity index (χ1n) is 23.2. The summed E-state index contributed by atoms with van der Waals surface area (Å²) >= 11 is 1.43. The fraction of sp³-hybridized carbons (Fsp3) is 0.479. The normalized spacial score (nSPS) is 24.9. The van der Waals surface area contributed by atoms with Gasteiger partial charge in [-0.25, -0.2) is 27.9 Å². The summed E-state index contributed by atoms with van der Waals surface area (Å²) in [5.74, 6) is -2.39. The number of amides is 5. The van der Waals surface area contributed by atoms with Crippen LogP contribution in [0.1, 0.15) is 90.9 Å². The van der Waals surface area contributed by atoms with E-state index in [1.165, 1.54) is 40.5 Å². The molecule has 4 heterocycles. The maximum atomic E-state index is 15.0. The molecule has 2 saturated carbocycles. The number of para-hydroxylation sites is 1. The first-order valence-corrected chi connectivity index (χ1v) is 25.6. The molecule has 2 aromatic heterocycles. The van der Waals surface area contributed by atoms with Crippen molar-refractivity contribution in [2.24, 2.45) is 5.92 Å². The molecule has 5 N–H and O–H groups in total. The van der Waals surface area contributed by atoms with Crippen molar-refractivity contribution >= 4 is 72.8 Å². The molecule has 0 bridgehead atoms. The van der Waals surface area contributed by atoms with E-state index in [0.717, 1.165) is 25.7 Å². The number of aromatic nitrogens is 2. The van der Waals surface area contributed by atoms with E-state index < -0.39 is 69.4 Å². The Morgan fingerprint density at radius 3 is 2.49 bits per heavy atom. The minimum absolute atomic E-state index is 0.00128. The van der Waals surface area contributed by atoms with Gasteiger partial charge in [0.05, 0.1) is 30.6 Å². The van der Waals surface area contributed by atoms with Crippen LogP contribution < -0.4 is 35.5 Å². The van der Waals surface area contributed by atoms with Gasteiger partial charge >= 0.3 is 6.09 Å². The number of sulfonamides is 1. The zero-order valence-electron chi connectivity index (χ0n) is 38.4. The number of benzene rings is 2. The SMILES string of the molecule is C=C[C@@H]1C[C@@]12NC(=O)[C@@H]1C[C@@H](Oc3cc(-c4csc(NC(C)C)n4)nc4cc(OC)ccc34)CN1C(=O)[C@@H](NC(=O)OC1CCCC1)CCCCCCC(=O)Nc1ccccc1S(=O)(=O)NC2=O. The molecule has 362 valence electrons. The quantitative estimate of drug-likeness (QED) is 0.114. The highest BCUT2D eigenvalue weighted by molar-refractivity contribution is 7.90. The molecule has 5 atom stereocenters. The van der Waals surface area contributed by atoms with Crippen LogP contribution in [-0.4, -0.2) is 103 Å². The van der Waals surface area contributed by atoms with Crippen LogP contribution in [0.4, 0.5) is 15.6 Å². The van der Waals surface area contributed by atoms with Gasteiger partial charge in [-0.3, -0.25) is 19.2 Å². The maximum Gasteiger partial charge on any atom is 0.408 e. The number of carbonyl (C=O) groups excluding carboxylic acids is 5. The summed E-state index contributed by atoms with van der Waals surface area (Å²) in [7, 11) is -3.03. The third-order valence-electron chi connectivity index (χ3n) is 12.8. The van der Waals surface area contributed by atoms with Gasteiger partial charge in [0.25, 0.3) is 15.9 Å². The number of hydrogen-bond donors (Lipinski definition) is 5. The number of alkyl carbamates (subject to hydrolysis) is 1. The first kappa shape index (κ1) is 48.2. The molecule has 0 unspecified atom stereocenters.